The molecule has 0 aliphatic carbocycles. The summed E-state index contributed by atoms with van der Waals surface area (Å²) in [6.07, 6.45) is 3.64. The monoisotopic (exact) mass is 226 g/mol. The Morgan fingerprint density at radius 3 is 3.17 bits per heavy atom. The first-order valence-electron chi connectivity index (χ1n) is 3.48. The summed E-state index contributed by atoms with van der Waals surface area (Å²) >= 11 is 3.40. The van der Waals surface area contributed by atoms with Crippen LogP contribution in [0.25, 0.3) is 10.9 Å². The van der Waals surface area contributed by atoms with Gasteiger partial charge in [-0.2, -0.15) is 0 Å². The summed E-state index contributed by atoms with van der Waals surface area (Å²) in [6.45, 7) is 0. The summed E-state index contributed by atoms with van der Waals surface area (Å²) in [7, 11) is 1.60. The number of methoxy groups -OCH3 is 1. The van der Waals surface area contributed by atoms with E-state index in [0.29, 0.717) is 5.88 Å². The average molecular weight is 227 g/mol. The van der Waals surface area contributed by atoms with E-state index in [2.05, 4.69) is 25.9 Å². The van der Waals surface area contributed by atoms with Crippen LogP contribution in [0.2, 0.25) is 0 Å². The van der Waals surface area contributed by atoms with E-state index in [0.717, 1.165) is 15.4 Å². The summed E-state index contributed by atoms with van der Waals surface area (Å²) in [5.41, 5.74) is 1.02. The molecule has 2 heterocycles. The SMILES string of the molecule is COc1ncc2cc[nH]c2c1Br. The first kappa shape index (κ1) is 7.61. The van der Waals surface area contributed by atoms with E-state index in [1.165, 1.54) is 0 Å². The number of aromatic nitrogens is 2. The fraction of sp³-hybridized carbons (Fsp3) is 0.125. The van der Waals surface area contributed by atoms with Crippen molar-refractivity contribution in [3.05, 3.63) is 22.9 Å². The van der Waals surface area contributed by atoms with Gasteiger partial charge < -0.3 is 9.72 Å². The third kappa shape index (κ3) is 0.992. The van der Waals surface area contributed by atoms with Gasteiger partial charge in [0.1, 0.15) is 4.47 Å². The van der Waals surface area contributed by atoms with Gasteiger partial charge in [-0.1, -0.05) is 0 Å². The van der Waals surface area contributed by atoms with Gasteiger partial charge in [-0.25, -0.2) is 4.98 Å². The molecule has 0 saturated carbocycles. The predicted octanol–water partition coefficient (Wildman–Crippen LogP) is 2.33. The lowest BCUT2D eigenvalue weighted by atomic mass is 10.3. The molecule has 2 rings (SSSR count). The second-order valence-corrected chi connectivity index (χ2v) is 3.18. The van der Waals surface area contributed by atoms with Crippen LogP contribution in [0, 0.1) is 0 Å². The van der Waals surface area contributed by atoms with Crippen LogP contribution in [0.4, 0.5) is 0 Å². The zero-order valence-corrected chi connectivity index (χ0v) is 8.05. The van der Waals surface area contributed by atoms with Gasteiger partial charge in [-0.05, 0) is 22.0 Å². The van der Waals surface area contributed by atoms with Crippen LogP contribution in [0.5, 0.6) is 5.88 Å². The Labute approximate surface area is 77.9 Å². The number of nitrogens with one attached hydrogen (secondary N) is 1. The van der Waals surface area contributed by atoms with Gasteiger partial charge in [0.15, 0.2) is 0 Å². The molecule has 0 radical (unpaired) electrons. The number of H-pyrrole nitrogens is 1. The van der Waals surface area contributed by atoms with Crippen LogP contribution in [-0.2, 0) is 0 Å². The molecule has 3 nitrogen and oxygen atoms in total. The molecule has 2 aromatic rings. The van der Waals surface area contributed by atoms with Crippen LogP contribution in [0.3, 0.4) is 0 Å². The van der Waals surface area contributed by atoms with Gasteiger partial charge >= 0.3 is 0 Å². The molecular formula is C8H7BrN2O. The van der Waals surface area contributed by atoms with Crippen molar-refractivity contribution in [3.63, 3.8) is 0 Å². The molecule has 12 heavy (non-hydrogen) atoms. The number of rotatable bonds is 1. The van der Waals surface area contributed by atoms with Gasteiger partial charge in [0.2, 0.25) is 5.88 Å². The number of fused-ring (bicyclic) bond motifs is 1. The maximum absolute atomic E-state index is 5.04. The maximum atomic E-state index is 5.04. The lowest BCUT2D eigenvalue weighted by molar-refractivity contribution is 0.396. The van der Waals surface area contributed by atoms with Gasteiger partial charge in [-0.3, -0.25) is 0 Å². The molecule has 0 aliphatic rings. The second-order valence-electron chi connectivity index (χ2n) is 2.39. The van der Waals surface area contributed by atoms with Crippen molar-refractivity contribution >= 4 is 26.8 Å². The molecule has 62 valence electrons. The van der Waals surface area contributed by atoms with Gasteiger partial charge in [0.25, 0.3) is 0 Å². The molecule has 1 N–H and O–H groups in total. The summed E-state index contributed by atoms with van der Waals surface area (Å²) in [5.74, 6) is 0.602. The van der Waals surface area contributed by atoms with Gasteiger partial charge in [0.05, 0.1) is 12.6 Å². The van der Waals surface area contributed by atoms with Crippen molar-refractivity contribution in [2.45, 2.75) is 0 Å². The number of ether oxygens (including phenoxy) is 1. The number of halogens is 1. The second kappa shape index (κ2) is 2.79. The molecule has 0 aliphatic heterocycles. The average Bonchev–Trinajstić information content (AvgIpc) is 2.53. The fourth-order valence-electron chi connectivity index (χ4n) is 1.11. The summed E-state index contributed by atoms with van der Waals surface area (Å²) < 4.78 is 5.91. The number of pyridine rings is 1. The quantitative estimate of drug-likeness (QED) is 0.811. The number of hydrogen-bond donors (Lipinski definition) is 1. The Morgan fingerprint density at radius 2 is 2.42 bits per heavy atom. The van der Waals surface area contributed by atoms with Crippen LogP contribution in [0.1, 0.15) is 0 Å². The minimum absolute atomic E-state index is 0.602. The molecule has 0 bridgehead atoms. The first-order valence-corrected chi connectivity index (χ1v) is 4.28. The molecule has 0 fully saturated rings. The Balaban J connectivity index is 2.78. The van der Waals surface area contributed by atoms with E-state index in [9.17, 15) is 0 Å². The molecule has 0 saturated heterocycles. The lowest BCUT2D eigenvalue weighted by Gasteiger charge is -2.01. The lowest BCUT2D eigenvalue weighted by Crippen LogP contribution is -1.88. The van der Waals surface area contributed by atoms with E-state index in [1.54, 1.807) is 13.3 Å². The highest BCUT2D eigenvalue weighted by Crippen LogP contribution is 2.29. The van der Waals surface area contributed by atoms with Crippen LogP contribution in [0.15, 0.2) is 22.9 Å². The summed E-state index contributed by atoms with van der Waals surface area (Å²) in [4.78, 5) is 7.20. The van der Waals surface area contributed by atoms with Gasteiger partial charge in [-0.15, -0.1) is 0 Å². The minimum atomic E-state index is 0.602. The molecular weight excluding hydrogens is 220 g/mol. The number of aromatic amines is 1. The molecule has 0 aromatic carbocycles. The first-order chi connectivity index (χ1) is 5.83. The zero-order valence-electron chi connectivity index (χ0n) is 6.47. The molecule has 4 heteroatoms. The highest BCUT2D eigenvalue weighted by atomic mass is 79.9. The Hall–Kier alpha value is -1.03. The summed E-state index contributed by atoms with van der Waals surface area (Å²) in [6, 6.07) is 1.96. The normalized spacial score (nSPS) is 10.5. The minimum Gasteiger partial charge on any atom is -0.480 e. The third-order valence-electron chi connectivity index (χ3n) is 1.70. The van der Waals surface area contributed by atoms with Crippen molar-refractivity contribution in [3.8, 4) is 5.88 Å². The highest BCUT2D eigenvalue weighted by Gasteiger charge is 2.06. The Morgan fingerprint density at radius 1 is 1.58 bits per heavy atom. The molecule has 0 atom stereocenters. The van der Waals surface area contributed by atoms with E-state index in [4.69, 9.17) is 4.74 Å². The van der Waals surface area contributed by atoms with Crippen molar-refractivity contribution in [2.24, 2.45) is 0 Å². The molecule has 0 amide bonds. The standard InChI is InChI=1S/C8H7BrN2O/c1-12-8-6(9)7-5(4-11-8)2-3-10-7/h2-4,10H,1H3. The van der Waals surface area contributed by atoms with E-state index >= 15 is 0 Å². The molecule has 0 spiro atoms. The van der Waals surface area contributed by atoms with Crippen molar-refractivity contribution < 1.29 is 4.74 Å². The topological polar surface area (TPSA) is 37.9 Å². The Bertz CT molecular complexity index is 410. The van der Waals surface area contributed by atoms with Crippen LogP contribution < -0.4 is 4.74 Å². The van der Waals surface area contributed by atoms with Crippen molar-refractivity contribution in [2.75, 3.05) is 7.11 Å². The maximum Gasteiger partial charge on any atom is 0.229 e. The van der Waals surface area contributed by atoms with Crippen LogP contribution in [-0.4, -0.2) is 17.1 Å². The summed E-state index contributed by atoms with van der Waals surface area (Å²) in [5, 5.41) is 1.07. The zero-order chi connectivity index (χ0) is 8.55. The smallest absolute Gasteiger partial charge is 0.229 e. The van der Waals surface area contributed by atoms with E-state index < -0.39 is 0 Å². The van der Waals surface area contributed by atoms with E-state index in [-0.39, 0.29) is 0 Å². The Kier molecular flexibility index (Phi) is 1.77. The molecule has 0 unspecified atom stereocenters. The molecule has 2 aromatic heterocycles. The van der Waals surface area contributed by atoms with E-state index in [1.807, 2.05) is 12.3 Å². The van der Waals surface area contributed by atoms with Crippen LogP contribution >= 0.6 is 15.9 Å². The number of hydrogen-bond acceptors (Lipinski definition) is 2. The van der Waals surface area contributed by atoms with Crippen molar-refractivity contribution in [1.29, 1.82) is 0 Å². The highest BCUT2D eigenvalue weighted by molar-refractivity contribution is 9.10. The predicted molar refractivity (Wildman–Crippen MR) is 50.3 cm³/mol. The number of nitrogens with zero attached hydrogens (tertiary/aromatic N) is 1. The fourth-order valence-corrected chi connectivity index (χ4v) is 1.72. The largest absolute Gasteiger partial charge is 0.480 e. The third-order valence-corrected chi connectivity index (χ3v) is 2.44. The van der Waals surface area contributed by atoms with Crippen molar-refractivity contribution in [1.82, 2.24) is 9.97 Å². The van der Waals surface area contributed by atoms with Gasteiger partial charge in [0, 0.05) is 17.8 Å².